The van der Waals surface area contributed by atoms with Crippen molar-refractivity contribution in [3.63, 3.8) is 0 Å². The molecule has 0 N–H and O–H groups in total. The Hall–Kier alpha value is -2.34. The van der Waals surface area contributed by atoms with Crippen LogP contribution in [0.15, 0.2) is 53.0 Å². The number of carbonyl (C=O) groups excluding carboxylic acids is 1. The fraction of sp³-hybridized carbons (Fsp3) is 0. The number of allylic oxidation sites excluding steroid dienone is 1. The maximum Gasteiger partial charge on any atom is 0.270 e. The second-order valence-electron chi connectivity index (χ2n) is 4.17. The van der Waals surface area contributed by atoms with E-state index in [4.69, 9.17) is 0 Å². The first kappa shape index (κ1) is 15.1. The summed E-state index contributed by atoms with van der Waals surface area (Å²) < 4.78 is 14.2. The Morgan fingerprint density at radius 2 is 2.00 bits per heavy atom. The van der Waals surface area contributed by atoms with Crippen LogP contribution < -0.4 is 0 Å². The number of nitrogens with zero attached hydrogens (tertiary/aromatic N) is 1. The van der Waals surface area contributed by atoms with Crippen LogP contribution in [0.5, 0.6) is 0 Å². The molecule has 4 nitrogen and oxygen atoms in total. The number of ketones is 1. The van der Waals surface area contributed by atoms with Gasteiger partial charge in [-0.15, -0.1) is 0 Å². The Morgan fingerprint density at radius 3 is 2.71 bits per heavy atom. The van der Waals surface area contributed by atoms with Gasteiger partial charge in [-0.2, -0.15) is 0 Å². The number of non-ortho nitro benzene ring substituents is 1. The van der Waals surface area contributed by atoms with Crippen molar-refractivity contribution in [1.29, 1.82) is 0 Å². The highest BCUT2D eigenvalue weighted by Gasteiger charge is 2.09. The van der Waals surface area contributed by atoms with Crippen LogP contribution in [0, 0.1) is 15.9 Å². The van der Waals surface area contributed by atoms with Crippen LogP contribution in [0.4, 0.5) is 10.1 Å². The Balaban J connectivity index is 2.25. The molecule has 106 valence electrons. The van der Waals surface area contributed by atoms with Gasteiger partial charge in [0.15, 0.2) is 5.78 Å². The number of halogens is 2. The van der Waals surface area contributed by atoms with Gasteiger partial charge < -0.3 is 0 Å². The maximum atomic E-state index is 13.5. The van der Waals surface area contributed by atoms with Gasteiger partial charge in [0.05, 0.1) is 4.92 Å². The summed E-state index contributed by atoms with van der Waals surface area (Å²) in [6.07, 6.45) is 2.52. The zero-order valence-corrected chi connectivity index (χ0v) is 12.2. The number of carbonyl (C=O) groups is 1. The SMILES string of the molecule is O=C(/C=C/c1cc(Br)ccc1F)c1cccc([N+](=O)[O-])c1. The molecule has 6 heteroatoms. The number of nitro groups is 1. The Bertz CT molecular complexity index is 743. The summed E-state index contributed by atoms with van der Waals surface area (Å²) in [6, 6.07) is 9.75. The first-order chi connectivity index (χ1) is 9.97. The van der Waals surface area contributed by atoms with Crippen molar-refractivity contribution in [2.24, 2.45) is 0 Å². The molecule has 2 rings (SSSR count). The average molecular weight is 350 g/mol. The summed E-state index contributed by atoms with van der Waals surface area (Å²) >= 11 is 3.21. The molecule has 21 heavy (non-hydrogen) atoms. The third kappa shape index (κ3) is 3.82. The lowest BCUT2D eigenvalue weighted by Crippen LogP contribution is -1.96. The number of nitro benzene ring substituents is 1. The second kappa shape index (κ2) is 6.41. The van der Waals surface area contributed by atoms with E-state index in [0.717, 1.165) is 0 Å². The van der Waals surface area contributed by atoms with Crippen LogP contribution in [0.3, 0.4) is 0 Å². The summed E-state index contributed by atoms with van der Waals surface area (Å²) in [5.41, 5.74) is 0.266. The molecule has 0 bridgehead atoms. The summed E-state index contributed by atoms with van der Waals surface area (Å²) in [5, 5.41) is 10.7. The molecule has 0 unspecified atom stereocenters. The van der Waals surface area contributed by atoms with E-state index in [0.29, 0.717) is 4.47 Å². The Morgan fingerprint density at radius 1 is 1.24 bits per heavy atom. The number of rotatable bonds is 4. The average Bonchev–Trinajstić information content (AvgIpc) is 2.48. The molecule has 0 aliphatic heterocycles. The fourth-order valence-electron chi connectivity index (χ4n) is 1.68. The normalized spacial score (nSPS) is 10.8. The minimum absolute atomic E-state index is 0.164. The van der Waals surface area contributed by atoms with E-state index in [1.165, 1.54) is 48.6 Å². The molecule has 0 aliphatic rings. The zero-order chi connectivity index (χ0) is 15.4. The van der Waals surface area contributed by atoms with Gasteiger partial charge in [-0.05, 0) is 30.4 Å². The molecule has 2 aromatic carbocycles. The number of benzene rings is 2. The van der Waals surface area contributed by atoms with Crippen molar-refractivity contribution in [2.45, 2.75) is 0 Å². The molecule has 0 fully saturated rings. The van der Waals surface area contributed by atoms with Crippen LogP contribution in [-0.2, 0) is 0 Å². The van der Waals surface area contributed by atoms with Gasteiger partial charge in [0.1, 0.15) is 5.82 Å². The van der Waals surface area contributed by atoms with E-state index in [1.807, 2.05) is 0 Å². The fourth-order valence-corrected chi connectivity index (χ4v) is 2.06. The van der Waals surface area contributed by atoms with Gasteiger partial charge in [-0.1, -0.05) is 28.1 Å². The Labute approximate surface area is 128 Å². The molecule has 0 saturated carbocycles. The topological polar surface area (TPSA) is 60.2 Å². The van der Waals surface area contributed by atoms with Crippen molar-refractivity contribution in [3.05, 3.63) is 80.1 Å². The summed E-state index contributed by atoms with van der Waals surface area (Å²) in [7, 11) is 0. The van der Waals surface area contributed by atoms with E-state index >= 15 is 0 Å². The van der Waals surface area contributed by atoms with E-state index in [1.54, 1.807) is 6.07 Å². The molecular weight excluding hydrogens is 341 g/mol. The van der Waals surface area contributed by atoms with Gasteiger partial charge in [0, 0.05) is 27.7 Å². The van der Waals surface area contributed by atoms with E-state index in [9.17, 15) is 19.3 Å². The van der Waals surface area contributed by atoms with Crippen LogP contribution in [0.2, 0.25) is 0 Å². The molecule has 0 aromatic heterocycles. The van der Waals surface area contributed by atoms with Crippen LogP contribution in [0.25, 0.3) is 6.08 Å². The van der Waals surface area contributed by atoms with Gasteiger partial charge >= 0.3 is 0 Å². The van der Waals surface area contributed by atoms with E-state index in [-0.39, 0.29) is 16.8 Å². The molecule has 0 radical (unpaired) electrons. The van der Waals surface area contributed by atoms with Crippen LogP contribution in [0.1, 0.15) is 15.9 Å². The van der Waals surface area contributed by atoms with Crippen LogP contribution >= 0.6 is 15.9 Å². The third-order valence-corrected chi connectivity index (χ3v) is 3.21. The molecule has 0 heterocycles. The van der Waals surface area contributed by atoms with Gasteiger partial charge in [0.2, 0.25) is 0 Å². The third-order valence-electron chi connectivity index (χ3n) is 2.71. The summed E-state index contributed by atoms with van der Waals surface area (Å²) in [6.45, 7) is 0. The molecule has 0 aliphatic carbocycles. The quantitative estimate of drug-likeness (QED) is 0.356. The molecule has 0 saturated heterocycles. The number of hydrogen-bond acceptors (Lipinski definition) is 3. The predicted molar refractivity (Wildman–Crippen MR) is 80.6 cm³/mol. The zero-order valence-electron chi connectivity index (χ0n) is 10.6. The first-order valence-electron chi connectivity index (χ1n) is 5.89. The molecule has 0 spiro atoms. The lowest BCUT2D eigenvalue weighted by atomic mass is 10.1. The smallest absolute Gasteiger partial charge is 0.270 e. The molecule has 2 aromatic rings. The number of hydrogen-bond donors (Lipinski definition) is 0. The monoisotopic (exact) mass is 349 g/mol. The van der Waals surface area contributed by atoms with E-state index < -0.39 is 16.5 Å². The second-order valence-corrected chi connectivity index (χ2v) is 5.09. The summed E-state index contributed by atoms with van der Waals surface area (Å²) in [5.74, 6) is -0.889. The summed E-state index contributed by atoms with van der Waals surface area (Å²) in [4.78, 5) is 22.0. The largest absolute Gasteiger partial charge is 0.289 e. The molecule has 0 atom stereocenters. The lowest BCUT2D eigenvalue weighted by Gasteiger charge is -1.99. The molecular formula is C15H9BrFNO3. The Kier molecular flexibility index (Phi) is 4.59. The van der Waals surface area contributed by atoms with Gasteiger partial charge in [0.25, 0.3) is 5.69 Å². The van der Waals surface area contributed by atoms with Gasteiger partial charge in [-0.25, -0.2) is 4.39 Å². The van der Waals surface area contributed by atoms with Crippen molar-refractivity contribution < 1.29 is 14.1 Å². The van der Waals surface area contributed by atoms with Crippen molar-refractivity contribution in [1.82, 2.24) is 0 Å². The van der Waals surface area contributed by atoms with E-state index in [2.05, 4.69) is 15.9 Å². The maximum absolute atomic E-state index is 13.5. The highest BCUT2D eigenvalue weighted by molar-refractivity contribution is 9.10. The minimum Gasteiger partial charge on any atom is -0.289 e. The predicted octanol–water partition coefficient (Wildman–Crippen LogP) is 4.39. The first-order valence-corrected chi connectivity index (χ1v) is 6.68. The lowest BCUT2D eigenvalue weighted by molar-refractivity contribution is -0.384. The van der Waals surface area contributed by atoms with Crippen molar-refractivity contribution in [3.8, 4) is 0 Å². The highest BCUT2D eigenvalue weighted by Crippen LogP contribution is 2.18. The standard InChI is InChI=1S/C15H9BrFNO3/c16-12-5-6-14(17)10(8-12)4-7-15(19)11-2-1-3-13(9-11)18(20)21/h1-9H/b7-4+. The van der Waals surface area contributed by atoms with Crippen molar-refractivity contribution in [2.75, 3.05) is 0 Å². The van der Waals surface area contributed by atoms with Crippen molar-refractivity contribution >= 4 is 33.5 Å². The minimum atomic E-state index is -0.575. The molecule has 0 amide bonds. The van der Waals surface area contributed by atoms with Gasteiger partial charge in [-0.3, -0.25) is 14.9 Å². The highest BCUT2D eigenvalue weighted by atomic mass is 79.9. The van der Waals surface area contributed by atoms with Crippen LogP contribution in [-0.4, -0.2) is 10.7 Å².